The Morgan fingerprint density at radius 1 is 1.28 bits per heavy atom. The standard InChI is InChI=1S/C20H22N2O3/c1-12-6-14-8-17(24-3)9-15(20(14)25-12)11-21-16-4-5-18-13(7-16)10-19(23)22(18)2/h4-5,7-9,12,21H,6,10-11H2,1-3H3. The number of nitrogens with one attached hydrogen (secondary N) is 1. The molecule has 4 rings (SSSR count). The Labute approximate surface area is 147 Å². The van der Waals surface area contributed by atoms with Crippen LogP contribution in [0.15, 0.2) is 30.3 Å². The number of benzene rings is 2. The Bertz CT molecular complexity index is 847. The predicted molar refractivity (Wildman–Crippen MR) is 97.7 cm³/mol. The molecule has 130 valence electrons. The number of fused-ring (bicyclic) bond motifs is 2. The van der Waals surface area contributed by atoms with Gasteiger partial charge in [-0.3, -0.25) is 4.79 Å². The Balaban J connectivity index is 1.56. The maximum absolute atomic E-state index is 11.8. The molecule has 2 aromatic carbocycles. The number of rotatable bonds is 4. The van der Waals surface area contributed by atoms with E-state index in [1.165, 1.54) is 5.56 Å². The summed E-state index contributed by atoms with van der Waals surface area (Å²) in [6.07, 6.45) is 1.58. The summed E-state index contributed by atoms with van der Waals surface area (Å²) in [5, 5.41) is 3.45. The van der Waals surface area contributed by atoms with Gasteiger partial charge in [0.05, 0.1) is 13.5 Å². The Kier molecular flexibility index (Phi) is 3.79. The molecule has 0 aromatic heterocycles. The van der Waals surface area contributed by atoms with E-state index in [1.807, 2.05) is 25.2 Å². The molecule has 5 nitrogen and oxygen atoms in total. The number of methoxy groups -OCH3 is 1. The molecule has 2 aliphatic rings. The zero-order chi connectivity index (χ0) is 17.6. The minimum absolute atomic E-state index is 0.139. The van der Waals surface area contributed by atoms with E-state index in [4.69, 9.17) is 9.47 Å². The molecular weight excluding hydrogens is 316 g/mol. The molecule has 0 saturated carbocycles. The van der Waals surface area contributed by atoms with Crippen LogP contribution in [0.2, 0.25) is 0 Å². The molecule has 0 spiro atoms. The highest BCUT2D eigenvalue weighted by Crippen LogP contribution is 2.37. The van der Waals surface area contributed by atoms with Gasteiger partial charge in [-0.1, -0.05) is 0 Å². The van der Waals surface area contributed by atoms with Crippen molar-refractivity contribution in [2.75, 3.05) is 24.4 Å². The first kappa shape index (κ1) is 15.8. The summed E-state index contributed by atoms with van der Waals surface area (Å²) in [5.74, 6) is 1.96. The van der Waals surface area contributed by atoms with Gasteiger partial charge in [0, 0.05) is 42.5 Å². The van der Waals surface area contributed by atoms with Crippen LogP contribution in [0.5, 0.6) is 11.5 Å². The van der Waals surface area contributed by atoms with E-state index in [-0.39, 0.29) is 12.0 Å². The van der Waals surface area contributed by atoms with Gasteiger partial charge < -0.3 is 19.7 Å². The van der Waals surface area contributed by atoms with Gasteiger partial charge >= 0.3 is 0 Å². The highest BCUT2D eigenvalue weighted by Gasteiger charge is 2.25. The SMILES string of the molecule is COc1cc(CNc2ccc3c(c2)CC(=O)N3C)c2c(c1)CC(C)O2. The van der Waals surface area contributed by atoms with Crippen LogP contribution in [-0.4, -0.2) is 26.2 Å². The third kappa shape index (κ3) is 2.80. The first-order chi connectivity index (χ1) is 12.0. The molecule has 0 fully saturated rings. The highest BCUT2D eigenvalue weighted by atomic mass is 16.5. The van der Waals surface area contributed by atoms with Crippen LogP contribution in [0.25, 0.3) is 0 Å². The molecule has 2 aromatic rings. The lowest BCUT2D eigenvalue weighted by atomic mass is 10.1. The van der Waals surface area contributed by atoms with Crippen molar-refractivity contribution in [2.24, 2.45) is 0 Å². The number of amides is 1. The van der Waals surface area contributed by atoms with Crippen molar-refractivity contribution in [3.05, 3.63) is 47.0 Å². The zero-order valence-corrected chi connectivity index (χ0v) is 14.8. The molecule has 25 heavy (non-hydrogen) atoms. The Morgan fingerprint density at radius 2 is 2.12 bits per heavy atom. The lowest BCUT2D eigenvalue weighted by molar-refractivity contribution is -0.117. The maximum atomic E-state index is 11.8. The normalized spacial score (nSPS) is 18.0. The molecule has 1 amide bonds. The minimum atomic E-state index is 0.139. The zero-order valence-electron chi connectivity index (χ0n) is 14.8. The van der Waals surface area contributed by atoms with E-state index in [0.29, 0.717) is 13.0 Å². The van der Waals surface area contributed by atoms with Gasteiger partial charge in [0.15, 0.2) is 0 Å². The van der Waals surface area contributed by atoms with E-state index in [2.05, 4.69) is 24.4 Å². The van der Waals surface area contributed by atoms with Crippen molar-refractivity contribution in [3.63, 3.8) is 0 Å². The summed E-state index contributed by atoms with van der Waals surface area (Å²) in [6.45, 7) is 2.73. The molecule has 0 saturated heterocycles. The quantitative estimate of drug-likeness (QED) is 0.930. The number of nitrogens with zero attached hydrogens (tertiary/aromatic N) is 1. The third-order valence-corrected chi connectivity index (χ3v) is 4.92. The van der Waals surface area contributed by atoms with E-state index < -0.39 is 0 Å². The van der Waals surface area contributed by atoms with Crippen LogP contribution < -0.4 is 19.7 Å². The summed E-state index contributed by atoms with van der Waals surface area (Å²) in [6, 6.07) is 10.1. The first-order valence-corrected chi connectivity index (χ1v) is 8.55. The van der Waals surface area contributed by atoms with E-state index in [9.17, 15) is 4.79 Å². The molecule has 1 N–H and O–H groups in total. The number of anilines is 2. The molecule has 2 aliphatic heterocycles. The van der Waals surface area contributed by atoms with Crippen LogP contribution in [-0.2, 0) is 24.2 Å². The number of ether oxygens (including phenoxy) is 2. The molecule has 0 aliphatic carbocycles. The van der Waals surface area contributed by atoms with E-state index in [0.717, 1.165) is 40.4 Å². The number of carbonyl (C=O) groups is 1. The van der Waals surface area contributed by atoms with Gasteiger partial charge in [0.2, 0.25) is 5.91 Å². The van der Waals surface area contributed by atoms with Gasteiger partial charge in [-0.25, -0.2) is 0 Å². The van der Waals surface area contributed by atoms with Gasteiger partial charge in [-0.2, -0.15) is 0 Å². The van der Waals surface area contributed by atoms with Gasteiger partial charge in [-0.05, 0) is 42.8 Å². The lowest BCUT2D eigenvalue weighted by Crippen LogP contribution is -2.20. The number of hydrogen-bond acceptors (Lipinski definition) is 4. The number of carbonyl (C=O) groups excluding carboxylic acids is 1. The van der Waals surface area contributed by atoms with E-state index in [1.54, 1.807) is 12.0 Å². The Hall–Kier alpha value is -2.69. The molecule has 2 heterocycles. The monoisotopic (exact) mass is 338 g/mol. The Morgan fingerprint density at radius 3 is 2.92 bits per heavy atom. The van der Waals surface area contributed by atoms with Crippen molar-refractivity contribution in [1.82, 2.24) is 0 Å². The molecule has 1 unspecified atom stereocenters. The van der Waals surface area contributed by atoms with Gasteiger partial charge in [-0.15, -0.1) is 0 Å². The average Bonchev–Trinajstić information content (AvgIpc) is 3.11. The average molecular weight is 338 g/mol. The fourth-order valence-corrected chi connectivity index (χ4v) is 3.60. The van der Waals surface area contributed by atoms with Crippen molar-refractivity contribution in [1.29, 1.82) is 0 Å². The highest BCUT2D eigenvalue weighted by molar-refractivity contribution is 6.01. The molecule has 1 atom stereocenters. The fourth-order valence-electron chi connectivity index (χ4n) is 3.60. The van der Waals surface area contributed by atoms with Crippen LogP contribution >= 0.6 is 0 Å². The van der Waals surface area contributed by atoms with Gasteiger partial charge in [0.1, 0.15) is 17.6 Å². The van der Waals surface area contributed by atoms with Crippen molar-refractivity contribution >= 4 is 17.3 Å². The largest absolute Gasteiger partial charge is 0.497 e. The predicted octanol–water partition coefficient (Wildman–Crippen LogP) is 3.15. The number of hydrogen-bond donors (Lipinski definition) is 1. The van der Waals surface area contributed by atoms with Crippen LogP contribution in [0.1, 0.15) is 23.6 Å². The van der Waals surface area contributed by atoms with Crippen LogP contribution in [0, 0.1) is 0 Å². The molecule has 5 heteroatoms. The second-order valence-electron chi connectivity index (χ2n) is 6.73. The van der Waals surface area contributed by atoms with Crippen molar-refractivity contribution in [2.45, 2.75) is 32.4 Å². The van der Waals surface area contributed by atoms with Crippen molar-refractivity contribution < 1.29 is 14.3 Å². The third-order valence-electron chi connectivity index (χ3n) is 4.92. The maximum Gasteiger partial charge on any atom is 0.231 e. The lowest BCUT2D eigenvalue weighted by Gasteiger charge is -2.14. The summed E-state index contributed by atoms with van der Waals surface area (Å²) < 4.78 is 11.4. The minimum Gasteiger partial charge on any atom is -0.497 e. The molecule has 0 bridgehead atoms. The number of likely N-dealkylation sites (N-methyl/N-ethyl adjacent to an activating group) is 1. The van der Waals surface area contributed by atoms with Crippen molar-refractivity contribution in [3.8, 4) is 11.5 Å². The second-order valence-corrected chi connectivity index (χ2v) is 6.73. The smallest absolute Gasteiger partial charge is 0.231 e. The summed E-state index contributed by atoms with van der Waals surface area (Å²) in [7, 11) is 3.51. The van der Waals surface area contributed by atoms with E-state index >= 15 is 0 Å². The fraction of sp³-hybridized carbons (Fsp3) is 0.350. The topological polar surface area (TPSA) is 50.8 Å². The first-order valence-electron chi connectivity index (χ1n) is 8.55. The second kappa shape index (κ2) is 5.99. The van der Waals surface area contributed by atoms with Crippen LogP contribution in [0.3, 0.4) is 0 Å². The van der Waals surface area contributed by atoms with Crippen LogP contribution in [0.4, 0.5) is 11.4 Å². The summed E-state index contributed by atoms with van der Waals surface area (Å²) in [5.41, 5.74) is 5.36. The molecular formula is C20H22N2O3. The summed E-state index contributed by atoms with van der Waals surface area (Å²) >= 11 is 0. The molecule has 0 radical (unpaired) electrons. The van der Waals surface area contributed by atoms with Gasteiger partial charge in [0.25, 0.3) is 0 Å². The summed E-state index contributed by atoms with van der Waals surface area (Å²) in [4.78, 5) is 13.5.